The Kier molecular flexibility index (Phi) is 7.09. The average Bonchev–Trinajstić information content (AvgIpc) is 2.75. The van der Waals surface area contributed by atoms with E-state index < -0.39 is 11.6 Å². The predicted octanol–water partition coefficient (Wildman–Crippen LogP) is 3.52. The van der Waals surface area contributed by atoms with E-state index in [0.29, 0.717) is 18.8 Å². The number of nitrogens with two attached hydrogens (primary N) is 1. The van der Waals surface area contributed by atoms with E-state index in [1.54, 1.807) is 0 Å². The van der Waals surface area contributed by atoms with Crippen LogP contribution in [0.3, 0.4) is 0 Å². The molecule has 0 aromatic heterocycles. The molecule has 0 spiro atoms. The van der Waals surface area contributed by atoms with Crippen molar-refractivity contribution in [1.29, 1.82) is 5.26 Å². The van der Waals surface area contributed by atoms with Gasteiger partial charge in [0.1, 0.15) is 5.54 Å². The van der Waals surface area contributed by atoms with Gasteiger partial charge in [-0.15, -0.1) is 0 Å². The van der Waals surface area contributed by atoms with Crippen LogP contribution in [0.15, 0.2) is 30.3 Å². The molecule has 5 heteroatoms. The Bertz CT molecular complexity index is 672. The molecule has 1 saturated carbocycles. The monoisotopic (exact) mass is 382 g/mol. The minimum atomic E-state index is -0.790. The van der Waals surface area contributed by atoms with E-state index in [0.717, 1.165) is 25.1 Å². The first-order valence-electron chi connectivity index (χ1n) is 10.8. The van der Waals surface area contributed by atoms with Gasteiger partial charge in [-0.3, -0.25) is 4.79 Å². The van der Waals surface area contributed by atoms with Gasteiger partial charge in [-0.1, -0.05) is 62.4 Å². The standard InChI is InChI=1S/C23H34N4O/c1-18(20-10-6-3-7-11-20)27(23(17-24)12-14-26-15-13-23)22(28)21(25)16-19-8-4-2-5-9-19/h3,6-7,10-11,18-19,21,26H,2,4-5,8-9,12-16,25H2,1H3. The van der Waals surface area contributed by atoms with E-state index in [1.807, 2.05) is 42.2 Å². The van der Waals surface area contributed by atoms with E-state index in [1.165, 1.54) is 32.1 Å². The highest BCUT2D eigenvalue weighted by Gasteiger charge is 2.45. The van der Waals surface area contributed by atoms with Gasteiger partial charge in [-0.2, -0.15) is 5.26 Å². The van der Waals surface area contributed by atoms with Crippen LogP contribution in [-0.2, 0) is 4.79 Å². The largest absolute Gasteiger partial charge is 0.320 e. The molecule has 1 aliphatic heterocycles. The van der Waals surface area contributed by atoms with E-state index in [2.05, 4.69) is 11.4 Å². The normalized spacial score (nSPS) is 22.0. The zero-order valence-corrected chi connectivity index (χ0v) is 17.1. The molecule has 2 aliphatic rings. The molecule has 1 aliphatic carbocycles. The highest BCUT2D eigenvalue weighted by Crippen LogP contribution is 2.36. The topological polar surface area (TPSA) is 82.2 Å². The van der Waals surface area contributed by atoms with Crippen LogP contribution in [-0.4, -0.2) is 35.5 Å². The highest BCUT2D eigenvalue weighted by molar-refractivity contribution is 5.83. The molecule has 2 unspecified atom stereocenters. The Balaban J connectivity index is 1.86. The lowest BCUT2D eigenvalue weighted by Crippen LogP contribution is -2.60. The van der Waals surface area contributed by atoms with Crippen LogP contribution in [0.2, 0.25) is 0 Å². The van der Waals surface area contributed by atoms with E-state index in [-0.39, 0.29) is 11.9 Å². The molecule has 1 saturated heterocycles. The number of nitrogens with zero attached hydrogens (tertiary/aromatic N) is 2. The van der Waals surface area contributed by atoms with Gasteiger partial charge < -0.3 is 16.0 Å². The third-order valence-electron chi connectivity index (χ3n) is 6.64. The summed E-state index contributed by atoms with van der Waals surface area (Å²) < 4.78 is 0. The summed E-state index contributed by atoms with van der Waals surface area (Å²) in [5, 5.41) is 13.5. The van der Waals surface area contributed by atoms with Gasteiger partial charge in [0.05, 0.1) is 18.2 Å². The first kappa shape index (κ1) is 20.8. The van der Waals surface area contributed by atoms with Crippen molar-refractivity contribution in [2.45, 2.75) is 75.9 Å². The van der Waals surface area contributed by atoms with Gasteiger partial charge in [0.2, 0.25) is 5.91 Å². The van der Waals surface area contributed by atoms with Crippen molar-refractivity contribution in [2.75, 3.05) is 13.1 Å². The number of rotatable bonds is 6. The quantitative estimate of drug-likeness (QED) is 0.789. The fourth-order valence-corrected chi connectivity index (χ4v) is 4.96. The fourth-order valence-electron chi connectivity index (χ4n) is 4.96. The van der Waals surface area contributed by atoms with Crippen LogP contribution in [0.25, 0.3) is 0 Å². The molecule has 28 heavy (non-hydrogen) atoms. The van der Waals surface area contributed by atoms with Crippen molar-refractivity contribution in [3.8, 4) is 6.07 Å². The summed E-state index contributed by atoms with van der Waals surface area (Å²) in [7, 11) is 0. The summed E-state index contributed by atoms with van der Waals surface area (Å²) in [6, 6.07) is 11.8. The maximum atomic E-state index is 13.6. The Morgan fingerprint density at radius 1 is 1.25 bits per heavy atom. The molecule has 3 N–H and O–H groups in total. The van der Waals surface area contributed by atoms with E-state index >= 15 is 0 Å². The first-order chi connectivity index (χ1) is 13.6. The fraction of sp³-hybridized carbons (Fsp3) is 0.652. The molecular weight excluding hydrogens is 348 g/mol. The van der Waals surface area contributed by atoms with Gasteiger partial charge in [0, 0.05) is 0 Å². The maximum absolute atomic E-state index is 13.6. The SMILES string of the molecule is CC(c1ccccc1)N(C(=O)C(N)CC1CCCCC1)C1(C#N)CCNCC1. The first-order valence-corrected chi connectivity index (χ1v) is 10.8. The van der Waals surface area contributed by atoms with Gasteiger partial charge in [-0.05, 0) is 50.8 Å². The van der Waals surface area contributed by atoms with Crippen molar-refractivity contribution in [2.24, 2.45) is 11.7 Å². The van der Waals surface area contributed by atoms with E-state index in [9.17, 15) is 10.1 Å². The van der Waals surface area contributed by atoms with Crippen LogP contribution in [0.4, 0.5) is 0 Å². The number of amides is 1. The third-order valence-corrected chi connectivity index (χ3v) is 6.64. The van der Waals surface area contributed by atoms with Gasteiger partial charge in [-0.25, -0.2) is 0 Å². The third kappa shape index (κ3) is 4.56. The number of hydrogen-bond acceptors (Lipinski definition) is 4. The number of nitriles is 1. The molecule has 1 aromatic carbocycles. The van der Waals surface area contributed by atoms with Crippen molar-refractivity contribution in [3.05, 3.63) is 35.9 Å². The second-order valence-corrected chi connectivity index (χ2v) is 8.53. The Hall–Kier alpha value is -1.90. The van der Waals surface area contributed by atoms with Crippen molar-refractivity contribution in [3.63, 3.8) is 0 Å². The predicted molar refractivity (Wildman–Crippen MR) is 111 cm³/mol. The summed E-state index contributed by atoms with van der Waals surface area (Å²) in [6.07, 6.45) is 8.13. The Labute approximate surface area is 169 Å². The molecule has 0 radical (unpaired) electrons. The lowest BCUT2D eigenvalue weighted by molar-refractivity contribution is -0.141. The molecule has 2 atom stereocenters. The lowest BCUT2D eigenvalue weighted by Gasteiger charge is -2.46. The molecular formula is C23H34N4O. The molecule has 1 heterocycles. The number of carbonyl (C=O) groups is 1. The van der Waals surface area contributed by atoms with Gasteiger partial charge in [0.25, 0.3) is 0 Å². The van der Waals surface area contributed by atoms with Crippen LogP contribution >= 0.6 is 0 Å². The summed E-state index contributed by atoms with van der Waals surface area (Å²) in [6.45, 7) is 3.52. The van der Waals surface area contributed by atoms with Crippen molar-refractivity contribution >= 4 is 5.91 Å². The highest BCUT2D eigenvalue weighted by atomic mass is 16.2. The van der Waals surface area contributed by atoms with Crippen LogP contribution in [0.5, 0.6) is 0 Å². The molecule has 1 aromatic rings. The smallest absolute Gasteiger partial charge is 0.241 e. The van der Waals surface area contributed by atoms with Gasteiger partial charge in [0.15, 0.2) is 0 Å². The number of nitrogens with one attached hydrogen (secondary N) is 1. The minimum Gasteiger partial charge on any atom is -0.320 e. The maximum Gasteiger partial charge on any atom is 0.241 e. The minimum absolute atomic E-state index is 0.0645. The second-order valence-electron chi connectivity index (χ2n) is 8.53. The zero-order valence-electron chi connectivity index (χ0n) is 17.1. The Morgan fingerprint density at radius 2 is 1.89 bits per heavy atom. The lowest BCUT2D eigenvalue weighted by atomic mass is 9.82. The van der Waals surface area contributed by atoms with Crippen LogP contribution in [0, 0.1) is 17.2 Å². The molecule has 1 amide bonds. The number of piperidine rings is 1. The number of benzene rings is 1. The molecule has 2 fully saturated rings. The number of hydrogen-bond donors (Lipinski definition) is 2. The second kappa shape index (κ2) is 9.54. The van der Waals surface area contributed by atoms with Gasteiger partial charge >= 0.3 is 0 Å². The molecule has 152 valence electrons. The average molecular weight is 383 g/mol. The van der Waals surface area contributed by atoms with Crippen LogP contribution < -0.4 is 11.1 Å². The van der Waals surface area contributed by atoms with E-state index in [4.69, 9.17) is 5.73 Å². The van der Waals surface area contributed by atoms with Crippen molar-refractivity contribution < 1.29 is 4.79 Å². The Morgan fingerprint density at radius 3 is 2.50 bits per heavy atom. The molecule has 3 rings (SSSR count). The molecule has 5 nitrogen and oxygen atoms in total. The summed E-state index contributed by atoms with van der Waals surface area (Å²) in [5.74, 6) is 0.470. The summed E-state index contributed by atoms with van der Waals surface area (Å²) >= 11 is 0. The summed E-state index contributed by atoms with van der Waals surface area (Å²) in [4.78, 5) is 15.5. The number of carbonyl (C=O) groups excluding carboxylic acids is 1. The van der Waals surface area contributed by atoms with Crippen LogP contribution in [0.1, 0.15) is 69.9 Å². The van der Waals surface area contributed by atoms with Crippen molar-refractivity contribution in [1.82, 2.24) is 10.2 Å². The summed E-state index contributed by atoms with van der Waals surface area (Å²) in [5.41, 5.74) is 6.73. The zero-order chi connectivity index (χ0) is 20.0. The molecule has 0 bridgehead atoms.